The van der Waals surface area contributed by atoms with Crippen LogP contribution in [0, 0.1) is 0 Å². The van der Waals surface area contributed by atoms with E-state index >= 15 is 0 Å². The summed E-state index contributed by atoms with van der Waals surface area (Å²) < 4.78 is 33.6. The van der Waals surface area contributed by atoms with Gasteiger partial charge in [0.25, 0.3) is 10.0 Å². The number of nitrogens with zero attached hydrogens (tertiary/aromatic N) is 3. The highest BCUT2D eigenvalue weighted by atomic mass is 32.2. The molecule has 2 aromatic carbocycles. The molecule has 0 aliphatic rings. The zero-order valence-corrected chi connectivity index (χ0v) is 19.7. The quantitative estimate of drug-likeness (QED) is 0.286. The molecule has 0 unspecified atom stereocenters. The van der Waals surface area contributed by atoms with Crippen molar-refractivity contribution in [2.45, 2.75) is 4.90 Å². The van der Waals surface area contributed by atoms with E-state index < -0.39 is 10.0 Å². The molecule has 0 atom stereocenters. The molecule has 0 fully saturated rings. The molecule has 0 amide bonds. The van der Waals surface area contributed by atoms with E-state index in [0.29, 0.717) is 5.57 Å². The van der Waals surface area contributed by atoms with Crippen LogP contribution in [0.2, 0.25) is 0 Å². The van der Waals surface area contributed by atoms with Crippen LogP contribution in [-0.2, 0) is 14.8 Å². The highest BCUT2D eigenvalue weighted by molar-refractivity contribution is 7.89. The molecule has 0 aliphatic heterocycles. The number of ether oxygens (including phenoxy) is 1. The summed E-state index contributed by atoms with van der Waals surface area (Å²) in [6, 6.07) is 17.4. The molecule has 2 aromatic heterocycles. The van der Waals surface area contributed by atoms with E-state index in [1.165, 1.54) is 31.8 Å². The summed E-state index contributed by atoms with van der Waals surface area (Å²) in [4.78, 5) is 13.0. The second-order valence-corrected chi connectivity index (χ2v) is 9.10. The second-order valence-electron chi connectivity index (χ2n) is 7.42. The van der Waals surface area contributed by atoms with Gasteiger partial charge >= 0.3 is 0 Å². The van der Waals surface area contributed by atoms with Gasteiger partial charge < -0.3 is 10.5 Å². The van der Waals surface area contributed by atoms with Crippen molar-refractivity contribution in [2.24, 2.45) is 5.73 Å². The second kappa shape index (κ2) is 10.2. The number of hydrogen-bond acceptors (Lipinski definition) is 7. The van der Waals surface area contributed by atoms with Gasteiger partial charge in [-0.3, -0.25) is 9.71 Å². The van der Waals surface area contributed by atoms with Crippen LogP contribution >= 0.6 is 0 Å². The van der Waals surface area contributed by atoms with E-state index in [9.17, 15) is 8.42 Å². The first kappa shape index (κ1) is 23.7. The Morgan fingerprint density at radius 1 is 1.06 bits per heavy atom. The van der Waals surface area contributed by atoms with Crippen molar-refractivity contribution in [1.29, 1.82) is 0 Å². The lowest BCUT2D eigenvalue weighted by Crippen LogP contribution is -2.24. The predicted octanol–water partition coefficient (Wildman–Crippen LogP) is 4.01. The Labute approximate surface area is 203 Å². The highest BCUT2D eigenvalue weighted by Crippen LogP contribution is 2.29. The lowest BCUT2D eigenvalue weighted by Gasteiger charge is -2.15. The van der Waals surface area contributed by atoms with Crippen molar-refractivity contribution >= 4 is 26.5 Å². The molecule has 9 heteroatoms. The van der Waals surface area contributed by atoms with E-state index in [0.717, 1.165) is 27.7 Å². The van der Waals surface area contributed by atoms with Gasteiger partial charge in [-0.2, -0.15) is 0 Å². The number of methoxy groups -OCH3 is 1. The van der Waals surface area contributed by atoms with Crippen molar-refractivity contribution in [3.63, 3.8) is 0 Å². The van der Waals surface area contributed by atoms with Gasteiger partial charge in [-0.05, 0) is 53.6 Å². The van der Waals surface area contributed by atoms with Crippen molar-refractivity contribution < 1.29 is 13.2 Å². The largest absolute Gasteiger partial charge is 0.495 e. The Kier molecular flexibility index (Phi) is 6.88. The van der Waals surface area contributed by atoms with E-state index in [-0.39, 0.29) is 16.4 Å². The average Bonchev–Trinajstić information content (AvgIpc) is 2.90. The molecule has 4 rings (SSSR count). The summed E-state index contributed by atoms with van der Waals surface area (Å²) in [5.74, 6) is 0.130. The first-order valence-corrected chi connectivity index (χ1v) is 12.0. The fraction of sp³-hybridized carbons (Fsp3) is 0.0385. The van der Waals surface area contributed by atoms with Crippen molar-refractivity contribution in [3.05, 3.63) is 115 Å². The Hall–Kier alpha value is -4.50. The Balaban J connectivity index is 1.78. The third kappa shape index (κ3) is 5.20. The first-order chi connectivity index (χ1) is 16.9. The van der Waals surface area contributed by atoms with Crippen LogP contribution < -0.4 is 10.5 Å². The number of nitrogens with one attached hydrogen (secondary N) is 1. The Morgan fingerprint density at radius 3 is 2.49 bits per heavy atom. The lowest BCUT2D eigenvalue weighted by atomic mass is 10.0. The zero-order chi connectivity index (χ0) is 24.8. The van der Waals surface area contributed by atoms with E-state index in [1.807, 2.05) is 30.3 Å². The molecular formula is C26H23N5O3S. The standard InChI is InChI=1S/C26H23N5O3S/c1-18(34-2)25(31-35(32,33)22-6-4-3-5-7-22)15-21(16-27)20-8-9-24-23(14-20)26(30-17-29-24)19-10-12-28-13-11-19/h3-17,31H,1,27H2,2H3/b21-16+,25-15+. The van der Waals surface area contributed by atoms with E-state index in [2.05, 4.69) is 26.3 Å². The summed E-state index contributed by atoms with van der Waals surface area (Å²) in [5, 5.41) is 0.806. The molecule has 0 radical (unpaired) electrons. The first-order valence-electron chi connectivity index (χ1n) is 10.5. The molecular weight excluding hydrogens is 462 g/mol. The van der Waals surface area contributed by atoms with Crippen molar-refractivity contribution in [3.8, 4) is 11.3 Å². The number of fused-ring (bicyclic) bond motifs is 1. The summed E-state index contributed by atoms with van der Waals surface area (Å²) in [7, 11) is -2.47. The van der Waals surface area contributed by atoms with Crippen molar-refractivity contribution in [2.75, 3.05) is 7.11 Å². The number of aromatic nitrogens is 3. The molecule has 0 saturated heterocycles. The number of pyridine rings is 1. The number of hydrogen-bond donors (Lipinski definition) is 2. The Morgan fingerprint density at radius 2 is 1.80 bits per heavy atom. The summed E-state index contributed by atoms with van der Waals surface area (Å²) in [6.45, 7) is 3.82. The topological polar surface area (TPSA) is 120 Å². The minimum absolute atomic E-state index is 0.109. The molecule has 4 aromatic rings. The fourth-order valence-corrected chi connectivity index (χ4v) is 4.53. The summed E-state index contributed by atoms with van der Waals surface area (Å²) in [5.41, 5.74) is 9.77. The maximum absolute atomic E-state index is 12.9. The lowest BCUT2D eigenvalue weighted by molar-refractivity contribution is 0.300. The van der Waals surface area contributed by atoms with E-state index in [1.54, 1.807) is 36.7 Å². The van der Waals surface area contributed by atoms with Crippen LogP contribution in [0.15, 0.2) is 115 Å². The van der Waals surface area contributed by atoms with Crippen LogP contribution in [0.25, 0.3) is 27.7 Å². The molecule has 176 valence electrons. The number of nitrogens with two attached hydrogens (primary N) is 1. The molecule has 0 aliphatic carbocycles. The fourth-order valence-electron chi connectivity index (χ4n) is 3.44. The number of rotatable bonds is 8. The minimum atomic E-state index is -3.88. The number of allylic oxidation sites excluding steroid dienone is 2. The smallest absolute Gasteiger partial charge is 0.262 e. The number of benzene rings is 2. The third-order valence-corrected chi connectivity index (χ3v) is 6.63. The monoisotopic (exact) mass is 485 g/mol. The maximum atomic E-state index is 12.9. The van der Waals surface area contributed by atoms with Crippen molar-refractivity contribution in [1.82, 2.24) is 19.7 Å². The Bertz CT molecular complexity index is 1530. The van der Waals surface area contributed by atoms with Gasteiger partial charge in [-0.25, -0.2) is 18.4 Å². The van der Waals surface area contributed by atoms with Crippen LogP contribution in [0.5, 0.6) is 0 Å². The van der Waals surface area contributed by atoms with Gasteiger partial charge in [-0.1, -0.05) is 30.8 Å². The molecule has 0 bridgehead atoms. The number of sulfonamides is 1. The van der Waals surface area contributed by atoms with Crippen LogP contribution in [-0.4, -0.2) is 30.5 Å². The van der Waals surface area contributed by atoms with Gasteiger partial charge in [-0.15, -0.1) is 0 Å². The van der Waals surface area contributed by atoms with Gasteiger partial charge in [0.15, 0.2) is 0 Å². The highest BCUT2D eigenvalue weighted by Gasteiger charge is 2.18. The van der Waals surface area contributed by atoms with Gasteiger partial charge in [0.2, 0.25) is 0 Å². The SMILES string of the molecule is C=C(OC)/C(=C\C(=C/N)c1ccc2ncnc(-c3ccncc3)c2c1)NS(=O)(=O)c1ccccc1. The molecule has 35 heavy (non-hydrogen) atoms. The molecule has 8 nitrogen and oxygen atoms in total. The average molecular weight is 486 g/mol. The van der Waals surface area contributed by atoms with Crippen LogP contribution in [0.4, 0.5) is 0 Å². The predicted molar refractivity (Wildman–Crippen MR) is 136 cm³/mol. The molecule has 0 spiro atoms. The maximum Gasteiger partial charge on any atom is 0.262 e. The summed E-state index contributed by atoms with van der Waals surface area (Å²) in [6.07, 6.45) is 7.86. The van der Waals surface area contributed by atoms with Gasteiger partial charge in [0.05, 0.1) is 28.9 Å². The van der Waals surface area contributed by atoms with Crippen LogP contribution in [0.3, 0.4) is 0 Å². The van der Waals surface area contributed by atoms with E-state index in [4.69, 9.17) is 10.5 Å². The molecule has 0 saturated carbocycles. The molecule has 2 heterocycles. The van der Waals surface area contributed by atoms with Gasteiger partial charge in [0, 0.05) is 29.5 Å². The third-order valence-electron chi connectivity index (χ3n) is 5.25. The van der Waals surface area contributed by atoms with Gasteiger partial charge in [0.1, 0.15) is 12.1 Å². The zero-order valence-electron chi connectivity index (χ0n) is 18.9. The molecule has 3 N–H and O–H groups in total. The summed E-state index contributed by atoms with van der Waals surface area (Å²) >= 11 is 0. The van der Waals surface area contributed by atoms with Crippen LogP contribution in [0.1, 0.15) is 5.56 Å². The normalized spacial score (nSPS) is 12.4. The minimum Gasteiger partial charge on any atom is -0.495 e.